The maximum atomic E-state index is 11.7. The molecule has 0 atom stereocenters. The number of nitrogens with one attached hydrogen (secondary N) is 2. The number of piperidine rings is 1. The average Bonchev–Trinajstić information content (AvgIpc) is 2.27. The molecule has 0 unspecified atom stereocenters. The Morgan fingerprint density at radius 1 is 1.21 bits per heavy atom. The number of hydrogen-bond donors (Lipinski definition) is 3. The van der Waals surface area contributed by atoms with Crippen LogP contribution in [0.4, 0.5) is 0 Å². The van der Waals surface area contributed by atoms with E-state index in [2.05, 4.69) is 15.5 Å². The maximum absolute atomic E-state index is 11.7. The summed E-state index contributed by atoms with van der Waals surface area (Å²) in [6.07, 6.45) is 1.86. The Labute approximate surface area is 115 Å². The Morgan fingerprint density at radius 3 is 2.32 bits per heavy atom. The minimum atomic E-state index is -0.273. The first-order chi connectivity index (χ1) is 8.76. The normalized spacial score (nSPS) is 18.1. The van der Waals surface area contributed by atoms with Crippen LogP contribution in [0.25, 0.3) is 0 Å². The van der Waals surface area contributed by atoms with E-state index in [0.29, 0.717) is 6.54 Å². The lowest BCUT2D eigenvalue weighted by atomic mass is 10.1. The topological polar surface area (TPSA) is 87.5 Å². The van der Waals surface area contributed by atoms with Gasteiger partial charge in [-0.15, -0.1) is 0 Å². The molecule has 110 valence electrons. The molecule has 0 bridgehead atoms. The molecule has 4 N–H and O–H groups in total. The first kappa shape index (κ1) is 15.9. The number of rotatable bonds is 4. The molecule has 1 aliphatic heterocycles. The molecule has 1 fully saturated rings. The van der Waals surface area contributed by atoms with E-state index in [1.54, 1.807) is 0 Å². The van der Waals surface area contributed by atoms with E-state index < -0.39 is 0 Å². The Kier molecular flexibility index (Phi) is 5.75. The van der Waals surface area contributed by atoms with Crippen molar-refractivity contribution in [2.45, 2.75) is 45.2 Å². The third kappa shape index (κ3) is 7.12. The number of carbonyl (C=O) groups excluding carboxylic acids is 2. The summed E-state index contributed by atoms with van der Waals surface area (Å²) in [7, 11) is 0. The van der Waals surface area contributed by atoms with Gasteiger partial charge in [-0.05, 0) is 33.6 Å². The number of amides is 2. The third-order valence-corrected chi connectivity index (χ3v) is 2.96. The van der Waals surface area contributed by atoms with Crippen LogP contribution in [-0.2, 0) is 9.59 Å². The van der Waals surface area contributed by atoms with Crippen LogP contribution in [0, 0.1) is 0 Å². The second kappa shape index (κ2) is 6.86. The smallest absolute Gasteiger partial charge is 0.239 e. The number of carbonyl (C=O) groups is 2. The van der Waals surface area contributed by atoms with E-state index in [-0.39, 0.29) is 29.9 Å². The van der Waals surface area contributed by atoms with Gasteiger partial charge in [0.1, 0.15) is 0 Å². The van der Waals surface area contributed by atoms with Crippen LogP contribution in [0.3, 0.4) is 0 Å². The van der Waals surface area contributed by atoms with Crippen molar-refractivity contribution in [1.82, 2.24) is 15.5 Å². The van der Waals surface area contributed by atoms with Crippen LogP contribution in [0.2, 0.25) is 0 Å². The van der Waals surface area contributed by atoms with Gasteiger partial charge in [-0.3, -0.25) is 14.5 Å². The molecular weight excluding hydrogens is 244 g/mol. The summed E-state index contributed by atoms with van der Waals surface area (Å²) in [6, 6.07) is 0.261. The van der Waals surface area contributed by atoms with Gasteiger partial charge in [-0.1, -0.05) is 0 Å². The van der Waals surface area contributed by atoms with E-state index in [1.165, 1.54) is 0 Å². The monoisotopic (exact) mass is 270 g/mol. The van der Waals surface area contributed by atoms with Crippen molar-refractivity contribution in [3.05, 3.63) is 0 Å². The van der Waals surface area contributed by atoms with Gasteiger partial charge in [0, 0.05) is 24.7 Å². The standard InChI is InChI=1S/C13H26N4O2/c1-13(2,3)16-11(18)8-15-12(19)9-17-6-4-10(14)5-7-17/h10H,4-9,14H2,1-3H3,(H,15,19)(H,16,18). The lowest BCUT2D eigenvalue weighted by Gasteiger charge is -2.29. The Hall–Kier alpha value is -1.14. The fourth-order valence-corrected chi connectivity index (χ4v) is 2.01. The molecular formula is C13H26N4O2. The SMILES string of the molecule is CC(C)(C)NC(=O)CNC(=O)CN1CCC(N)CC1. The van der Waals surface area contributed by atoms with Crippen LogP contribution < -0.4 is 16.4 Å². The molecule has 1 rings (SSSR count). The molecule has 0 spiro atoms. The number of hydrogen-bond acceptors (Lipinski definition) is 4. The molecule has 0 aromatic heterocycles. The van der Waals surface area contributed by atoms with Crippen LogP contribution in [-0.4, -0.2) is 54.5 Å². The summed E-state index contributed by atoms with van der Waals surface area (Å²) in [5, 5.41) is 5.44. The summed E-state index contributed by atoms with van der Waals surface area (Å²) in [5.74, 6) is -0.277. The highest BCUT2D eigenvalue weighted by Gasteiger charge is 2.19. The first-order valence-electron chi connectivity index (χ1n) is 6.82. The molecule has 0 radical (unpaired) electrons. The molecule has 19 heavy (non-hydrogen) atoms. The van der Waals surface area contributed by atoms with Gasteiger partial charge in [0.15, 0.2) is 0 Å². The zero-order chi connectivity index (χ0) is 14.5. The molecule has 0 saturated carbocycles. The quantitative estimate of drug-likeness (QED) is 0.639. The van der Waals surface area contributed by atoms with Crippen molar-refractivity contribution >= 4 is 11.8 Å². The molecule has 0 aromatic rings. The Morgan fingerprint density at radius 2 is 1.79 bits per heavy atom. The fraction of sp³-hybridized carbons (Fsp3) is 0.846. The minimum absolute atomic E-state index is 0.0312. The number of nitrogens with two attached hydrogens (primary N) is 1. The predicted molar refractivity (Wildman–Crippen MR) is 74.6 cm³/mol. The van der Waals surface area contributed by atoms with Crippen LogP contribution >= 0.6 is 0 Å². The zero-order valence-corrected chi connectivity index (χ0v) is 12.2. The van der Waals surface area contributed by atoms with Crippen molar-refractivity contribution in [1.29, 1.82) is 0 Å². The van der Waals surface area contributed by atoms with Crippen LogP contribution in [0.5, 0.6) is 0 Å². The second-order valence-corrected chi connectivity index (χ2v) is 6.19. The van der Waals surface area contributed by atoms with Crippen LogP contribution in [0.15, 0.2) is 0 Å². The predicted octanol–water partition coefficient (Wildman–Crippen LogP) is -0.560. The highest BCUT2D eigenvalue weighted by atomic mass is 16.2. The van der Waals surface area contributed by atoms with Crippen molar-refractivity contribution in [3.63, 3.8) is 0 Å². The molecule has 2 amide bonds. The summed E-state index contributed by atoms with van der Waals surface area (Å²) in [4.78, 5) is 25.3. The highest BCUT2D eigenvalue weighted by Crippen LogP contribution is 2.07. The zero-order valence-electron chi connectivity index (χ0n) is 12.2. The lowest BCUT2D eigenvalue weighted by molar-refractivity contribution is -0.127. The van der Waals surface area contributed by atoms with Crippen molar-refractivity contribution in [3.8, 4) is 0 Å². The van der Waals surface area contributed by atoms with Gasteiger partial charge in [0.25, 0.3) is 0 Å². The van der Waals surface area contributed by atoms with E-state index in [1.807, 2.05) is 20.8 Å². The van der Waals surface area contributed by atoms with Gasteiger partial charge in [0.2, 0.25) is 11.8 Å². The summed E-state index contributed by atoms with van der Waals surface area (Å²) < 4.78 is 0. The average molecular weight is 270 g/mol. The summed E-state index contributed by atoms with van der Waals surface area (Å²) in [6.45, 7) is 7.79. The van der Waals surface area contributed by atoms with Gasteiger partial charge in [0.05, 0.1) is 13.1 Å². The van der Waals surface area contributed by atoms with Gasteiger partial charge in [-0.25, -0.2) is 0 Å². The van der Waals surface area contributed by atoms with Gasteiger partial charge >= 0.3 is 0 Å². The molecule has 6 heteroatoms. The first-order valence-corrected chi connectivity index (χ1v) is 6.82. The van der Waals surface area contributed by atoms with E-state index in [0.717, 1.165) is 25.9 Å². The van der Waals surface area contributed by atoms with Crippen LogP contribution in [0.1, 0.15) is 33.6 Å². The maximum Gasteiger partial charge on any atom is 0.239 e. The number of nitrogens with zero attached hydrogens (tertiary/aromatic N) is 1. The molecule has 1 aliphatic rings. The fourth-order valence-electron chi connectivity index (χ4n) is 2.01. The van der Waals surface area contributed by atoms with Crippen molar-refractivity contribution in [2.75, 3.05) is 26.2 Å². The summed E-state index contributed by atoms with van der Waals surface area (Å²) in [5.41, 5.74) is 5.53. The number of likely N-dealkylation sites (tertiary alicyclic amines) is 1. The van der Waals surface area contributed by atoms with Gasteiger partial charge in [-0.2, -0.15) is 0 Å². The van der Waals surface area contributed by atoms with Crippen molar-refractivity contribution < 1.29 is 9.59 Å². The van der Waals surface area contributed by atoms with E-state index >= 15 is 0 Å². The molecule has 6 nitrogen and oxygen atoms in total. The second-order valence-electron chi connectivity index (χ2n) is 6.19. The molecule has 0 aromatic carbocycles. The summed E-state index contributed by atoms with van der Waals surface area (Å²) >= 11 is 0. The lowest BCUT2D eigenvalue weighted by Crippen LogP contribution is -2.48. The molecule has 0 aliphatic carbocycles. The molecule has 1 heterocycles. The van der Waals surface area contributed by atoms with E-state index in [4.69, 9.17) is 5.73 Å². The van der Waals surface area contributed by atoms with Gasteiger partial charge < -0.3 is 16.4 Å². The third-order valence-electron chi connectivity index (χ3n) is 2.96. The minimum Gasteiger partial charge on any atom is -0.350 e. The van der Waals surface area contributed by atoms with E-state index in [9.17, 15) is 9.59 Å². The van der Waals surface area contributed by atoms with Crippen molar-refractivity contribution in [2.24, 2.45) is 5.73 Å². The Balaban J connectivity index is 2.19. The largest absolute Gasteiger partial charge is 0.350 e. The Bertz CT molecular complexity index is 317. The molecule has 1 saturated heterocycles. The highest BCUT2D eigenvalue weighted by molar-refractivity contribution is 5.85.